The zero-order valence-corrected chi connectivity index (χ0v) is 10.1. The van der Waals surface area contributed by atoms with Crippen LogP contribution < -0.4 is 5.48 Å². The topological polar surface area (TPSA) is 104 Å². The van der Waals surface area contributed by atoms with Crippen LogP contribution in [-0.2, 0) is 9.57 Å². The molecule has 1 aromatic rings. The van der Waals surface area contributed by atoms with Crippen molar-refractivity contribution in [1.29, 1.82) is 0 Å². The minimum Gasteiger partial charge on any atom is -0.382 e. The van der Waals surface area contributed by atoms with E-state index in [4.69, 9.17) is 21.2 Å². The molecule has 0 fully saturated rings. The first-order chi connectivity index (χ1) is 8.57. The summed E-state index contributed by atoms with van der Waals surface area (Å²) in [6.07, 6.45) is 1.19. The number of pyridine rings is 1. The number of rotatable bonds is 6. The average molecular weight is 276 g/mol. The molecule has 0 radical (unpaired) electrons. The van der Waals surface area contributed by atoms with E-state index in [9.17, 15) is 14.9 Å². The second kappa shape index (κ2) is 6.84. The van der Waals surface area contributed by atoms with E-state index in [1.165, 1.54) is 19.4 Å². The van der Waals surface area contributed by atoms with Crippen LogP contribution in [0.1, 0.15) is 10.4 Å². The van der Waals surface area contributed by atoms with Gasteiger partial charge in [0.1, 0.15) is 5.56 Å². The SMILES string of the molecule is COCCONC(=O)c1ccnc(Cl)c1[N+](=O)[O-]. The van der Waals surface area contributed by atoms with Gasteiger partial charge in [-0.25, -0.2) is 10.5 Å². The van der Waals surface area contributed by atoms with Crippen LogP contribution in [0.5, 0.6) is 0 Å². The summed E-state index contributed by atoms with van der Waals surface area (Å²) in [7, 11) is 1.47. The van der Waals surface area contributed by atoms with Crippen LogP contribution >= 0.6 is 11.6 Å². The van der Waals surface area contributed by atoms with Crippen molar-refractivity contribution in [3.63, 3.8) is 0 Å². The van der Waals surface area contributed by atoms with Gasteiger partial charge in [-0.1, -0.05) is 11.6 Å². The van der Waals surface area contributed by atoms with Crippen molar-refractivity contribution in [2.75, 3.05) is 20.3 Å². The summed E-state index contributed by atoms with van der Waals surface area (Å²) >= 11 is 5.56. The van der Waals surface area contributed by atoms with E-state index in [0.717, 1.165) is 0 Å². The monoisotopic (exact) mass is 275 g/mol. The molecule has 0 atom stereocenters. The predicted octanol–water partition coefficient (Wildman–Crippen LogP) is 0.951. The molecule has 0 spiro atoms. The van der Waals surface area contributed by atoms with Crippen molar-refractivity contribution in [3.8, 4) is 0 Å². The highest BCUT2D eigenvalue weighted by atomic mass is 35.5. The molecule has 1 heterocycles. The number of aromatic nitrogens is 1. The molecule has 0 unspecified atom stereocenters. The third-order valence-corrected chi connectivity index (χ3v) is 2.14. The van der Waals surface area contributed by atoms with Gasteiger partial charge in [0.25, 0.3) is 5.91 Å². The Morgan fingerprint density at radius 2 is 2.33 bits per heavy atom. The number of amides is 1. The molecule has 0 bridgehead atoms. The molecule has 1 aromatic heterocycles. The van der Waals surface area contributed by atoms with Crippen LogP contribution in [-0.4, -0.2) is 36.1 Å². The Balaban J connectivity index is 2.79. The molecule has 9 heteroatoms. The fraction of sp³-hybridized carbons (Fsp3) is 0.333. The number of hydrogen-bond donors (Lipinski definition) is 1. The first kappa shape index (κ1) is 14.3. The maximum atomic E-state index is 11.6. The van der Waals surface area contributed by atoms with Gasteiger partial charge in [0.05, 0.1) is 18.1 Å². The van der Waals surface area contributed by atoms with Gasteiger partial charge in [-0.15, -0.1) is 0 Å². The van der Waals surface area contributed by atoms with Gasteiger partial charge in [0, 0.05) is 13.3 Å². The zero-order valence-electron chi connectivity index (χ0n) is 9.38. The smallest absolute Gasteiger partial charge is 0.319 e. The highest BCUT2D eigenvalue weighted by Crippen LogP contribution is 2.25. The van der Waals surface area contributed by atoms with E-state index in [2.05, 4.69) is 4.98 Å². The lowest BCUT2D eigenvalue weighted by Crippen LogP contribution is -2.26. The Morgan fingerprint density at radius 3 is 2.94 bits per heavy atom. The number of hydroxylamine groups is 1. The number of carbonyl (C=O) groups is 1. The lowest BCUT2D eigenvalue weighted by Gasteiger charge is -2.06. The van der Waals surface area contributed by atoms with E-state index >= 15 is 0 Å². The molecule has 98 valence electrons. The fourth-order valence-electron chi connectivity index (χ4n) is 1.08. The number of carbonyl (C=O) groups excluding carboxylic acids is 1. The minimum atomic E-state index is -0.778. The number of methoxy groups -OCH3 is 1. The van der Waals surface area contributed by atoms with E-state index in [1.54, 1.807) is 0 Å². The van der Waals surface area contributed by atoms with E-state index in [0.29, 0.717) is 0 Å². The molecule has 18 heavy (non-hydrogen) atoms. The molecule has 1 N–H and O–H groups in total. The molecule has 1 amide bonds. The molecule has 0 saturated heterocycles. The van der Waals surface area contributed by atoms with E-state index < -0.39 is 16.5 Å². The Bertz CT molecular complexity index is 454. The molecule has 0 aliphatic heterocycles. The maximum Gasteiger partial charge on any atom is 0.319 e. The normalized spacial score (nSPS) is 10.1. The Morgan fingerprint density at radius 1 is 1.61 bits per heavy atom. The lowest BCUT2D eigenvalue weighted by atomic mass is 10.2. The van der Waals surface area contributed by atoms with Crippen molar-refractivity contribution >= 4 is 23.2 Å². The molecular weight excluding hydrogens is 266 g/mol. The summed E-state index contributed by atoms with van der Waals surface area (Å²) in [4.78, 5) is 29.9. The van der Waals surface area contributed by atoms with Crippen LogP contribution in [0.15, 0.2) is 12.3 Å². The van der Waals surface area contributed by atoms with Crippen LogP contribution in [0.3, 0.4) is 0 Å². The van der Waals surface area contributed by atoms with Crippen molar-refractivity contribution in [3.05, 3.63) is 33.1 Å². The standard InChI is InChI=1S/C9H10ClN3O5/c1-17-4-5-18-12-9(14)6-2-3-11-8(10)7(6)13(15)16/h2-3H,4-5H2,1H3,(H,12,14). The van der Waals surface area contributed by atoms with Gasteiger partial charge in [-0.3, -0.25) is 19.7 Å². The molecule has 8 nitrogen and oxygen atoms in total. The number of halogens is 1. The van der Waals surface area contributed by atoms with Gasteiger partial charge < -0.3 is 4.74 Å². The summed E-state index contributed by atoms with van der Waals surface area (Å²) < 4.78 is 4.69. The summed E-state index contributed by atoms with van der Waals surface area (Å²) in [6, 6.07) is 1.18. The number of hydrogen-bond acceptors (Lipinski definition) is 6. The Hall–Kier alpha value is -1.77. The summed E-state index contributed by atoms with van der Waals surface area (Å²) in [5, 5.41) is 10.4. The molecule has 0 saturated carbocycles. The van der Waals surface area contributed by atoms with Crippen molar-refractivity contribution in [1.82, 2.24) is 10.5 Å². The molecule has 0 aromatic carbocycles. The lowest BCUT2D eigenvalue weighted by molar-refractivity contribution is -0.385. The number of nitro groups is 1. The predicted molar refractivity (Wildman–Crippen MR) is 61.2 cm³/mol. The fourth-order valence-corrected chi connectivity index (χ4v) is 1.31. The largest absolute Gasteiger partial charge is 0.382 e. The van der Waals surface area contributed by atoms with Crippen molar-refractivity contribution in [2.45, 2.75) is 0 Å². The minimum absolute atomic E-state index is 0.120. The highest BCUT2D eigenvalue weighted by Gasteiger charge is 2.24. The molecule has 0 aliphatic carbocycles. The second-order valence-corrected chi connectivity index (χ2v) is 3.39. The number of nitrogens with one attached hydrogen (secondary N) is 1. The van der Waals surface area contributed by atoms with Gasteiger partial charge in [0.2, 0.25) is 5.15 Å². The Kier molecular flexibility index (Phi) is 5.43. The molecule has 1 rings (SSSR count). The van der Waals surface area contributed by atoms with Crippen molar-refractivity contribution < 1.29 is 19.3 Å². The van der Waals surface area contributed by atoms with E-state index in [-0.39, 0.29) is 23.9 Å². The second-order valence-electron chi connectivity index (χ2n) is 3.03. The first-order valence-corrected chi connectivity index (χ1v) is 5.15. The summed E-state index contributed by atoms with van der Waals surface area (Å²) in [6.45, 7) is 0.397. The maximum absolute atomic E-state index is 11.6. The van der Waals surface area contributed by atoms with Crippen LogP contribution in [0.2, 0.25) is 5.15 Å². The first-order valence-electron chi connectivity index (χ1n) is 4.78. The van der Waals surface area contributed by atoms with Gasteiger partial charge >= 0.3 is 5.69 Å². The zero-order chi connectivity index (χ0) is 13.5. The van der Waals surface area contributed by atoms with Crippen LogP contribution in [0.25, 0.3) is 0 Å². The third kappa shape index (κ3) is 3.62. The van der Waals surface area contributed by atoms with Crippen LogP contribution in [0.4, 0.5) is 5.69 Å². The van der Waals surface area contributed by atoms with Gasteiger partial charge in [-0.05, 0) is 6.07 Å². The van der Waals surface area contributed by atoms with Gasteiger partial charge in [0.15, 0.2) is 0 Å². The Labute approximate surface area is 107 Å². The molecule has 0 aliphatic rings. The van der Waals surface area contributed by atoms with Crippen molar-refractivity contribution in [2.24, 2.45) is 0 Å². The van der Waals surface area contributed by atoms with Gasteiger partial charge in [-0.2, -0.15) is 0 Å². The van der Waals surface area contributed by atoms with Crippen LogP contribution in [0, 0.1) is 10.1 Å². The average Bonchev–Trinajstić information content (AvgIpc) is 2.33. The highest BCUT2D eigenvalue weighted by molar-refractivity contribution is 6.32. The molecular formula is C9H10ClN3O5. The quantitative estimate of drug-likeness (QED) is 0.359. The number of ether oxygens (including phenoxy) is 1. The summed E-state index contributed by atoms with van der Waals surface area (Å²) in [5.41, 5.74) is 1.26. The third-order valence-electron chi connectivity index (χ3n) is 1.86. The summed E-state index contributed by atoms with van der Waals surface area (Å²) in [5.74, 6) is -0.776. The van der Waals surface area contributed by atoms with E-state index in [1.807, 2.05) is 5.48 Å². The number of nitrogens with zero attached hydrogens (tertiary/aromatic N) is 2.